The summed E-state index contributed by atoms with van der Waals surface area (Å²) >= 11 is 0. The molecule has 5 N–H and O–H groups in total. The molecule has 9 nitrogen and oxygen atoms in total. The summed E-state index contributed by atoms with van der Waals surface area (Å²) < 4.78 is 5.21. The molecular formula is C28H22N6O3. The van der Waals surface area contributed by atoms with E-state index in [0.717, 1.165) is 22.4 Å². The number of carbonyl (C=O) groups is 2. The largest absolute Gasteiger partial charge is 0.367 e. The molecular weight excluding hydrogens is 468 g/mol. The lowest BCUT2D eigenvalue weighted by Gasteiger charge is -2.10. The van der Waals surface area contributed by atoms with Crippen LogP contribution in [0.5, 0.6) is 0 Å². The molecule has 2 aromatic heterocycles. The van der Waals surface area contributed by atoms with Crippen molar-refractivity contribution in [2.24, 2.45) is 0 Å². The third-order valence-corrected chi connectivity index (χ3v) is 5.60. The van der Waals surface area contributed by atoms with Gasteiger partial charge in [-0.25, -0.2) is 9.78 Å². The van der Waals surface area contributed by atoms with E-state index in [-0.39, 0.29) is 11.8 Å². The van der Waals surface area contributed by atoms with Gasteiger partial charge in [0, 0.05) is 28.2 Å². The van der Waals surface area contributed by atoms with Gasteiger partial charge in [-0.2, -0.15) is 0 Å². The van der Waals surface area contributed by atoms with Gasteiger partial charge in [0.25, 0.3) is 0 Å². The van der Waals surface area contributed by atoms with Crippen molar-refractivity contribution in [3.05, 3.63) is 97.6 Å². The van der Waals surface area contributed by atoms with Crippen LogP contribution in [-0.4, -0.2) is 22.1 Å². The number of aromatic nitrogens is 2. The van der Waals surface area contributed by atoms with Crippen molar-refractivity contribution in [3.63, 3.8) is 0 Å². The van der Waals surface area contributed by atoms with Gasteiger partial charge in [-0.3, -0.25) is 4.79 Å². The van der Waals surface area contributed by atoms with E-state index >= 15 is 0 Å². The molecule has 0 radical (unpaired) electrons. The van der Waals surface area contributed by atoms with Gasteiger partial charge in [0.15, 0.2) is 0 Å². The Balaban J connectivity index is 1.33. The van der Waals surface area contributed by atoms with Crippen LogP contribution in [-0.2, 0) is 4.79 Å². The molecule has 0 spiro atoms. The zero-order chi connectivity index (χ0) is 25.8. The number of pyridine rings is 1. The normalized spacial score (nSPS) is 10.6. The highest BCUT2D eigenvalue weighted by Gasteiger charge is 2.16. The number of hydrogen-bond donors (Lipinski definition) is 4. The highest BCUT2D eigenvalue weighted by atomic mass is 16.5. The number of amides is 3. The van der Waals surface area contributed by atoms with E-state index in [4.69, 9.17) is 10.3 Å². The molecule has 0 saturated heterocycles. The van der Waals surface area contributed by atoms with Crippen LogP contribution >= 0.6 is 0 Å². The highest BCUT2D eigenvalue weighted by molar-refractivity contribution is 6.02. The van der Waals surface area contributed by atoms with Crippen LogP contribution in [0.2, 0.25) is 0 Å². The Morgan fingerprint density at radius 3 is 2.03 bits per heavy atom. The number of benzene rings is 3. The molecule has 0 atom stereocenters. The summed E-state index contributed by atoms with van der Waals surface area (Å²) in [5.74, 6) is -0.119. The van der Waals surface area contributed by atoms with Gasteiger partial charge in [-0.05, 0) is 54.1 Å². The second-order valence-electron chi connectivity index (χ2n) is 8.09. The summed E-state index contributed by atoms with van der Waals surface area (Å²) in [4.78, 5) is 28.5. The number of nitrogens with zero attached hydrogens (tertiary/aromatic N) is 2. The Morgan fingerprint density at radius 1 is 0.811 bits per heavy atom. The lowest BCUT2D eigenvalue weighted by atomic mass is 10.00. The fourth-order valence-electron chi connectivity index (χ4n) is 3.82. The Bertz CT molecular complexity index is 1590. The molecule has 0 aliphatic rings. The van der Waals surface area contributed by atoms with Crippen LogP contribution in [0.1, 0.15) is 0 Å². The van der Waals surface area contributed by atoms with E-state index < -0.39 is 6.03 Å². The molecule has 37 heavy (non-hydrogen) atoms. The topological polar surface area (TPSA) is 135 Å². The number of rotatable bonds is 6. The van der Waals surface area contributed by atoms with Gasteiger partial charge in [0.1, 0.15) is 0 Å². The number of nitrogens with two attached hydrogens (primary N) is 1. The van der Waals surface area contributed by atoms with Crippen molar-refractivity contribution in [1.82, 2.24) is 10.1 Å². The molecule has 5 aromatic rings. The average molecular weight is 491 g/mol. The van der Waals surface area contributed by atoms with E-state index in [2.05, 4.69) is 32.7 Å². The Hall–Kier alpha value is -5.44. The number of fused-ring (bicyclic) bond motifs is 1. The SMILES string of the molecule is C=CC(=O)Nc1ccc(NC(=O)Nc2ccc(-c3cc(-c4ccccc4)nc4noc(N)c34)cc2)cc1. The van der Waals surface area contributed by atoms with E-state index in [0.29, 0.717) is 28.1 Å². The quantitative estimate of drug-likeness (QED) is 0.219. The van der Waals surface area contributed by atoms with Crippen molar-refractivity contribution >= 4 is 45.9 Å². The van der Waals surface area contributed by atoms with Crippen molar-refractivity contribution in [3.8, 4) is 22.4 Å². The van der Waals surface area contributed by atoms with Crippen LogP contribution in [0.25, 0.3) is 33.4 Å². The molecule has 182 valence electrons. The minimum absolute atomic E-state index is 0.189. The number of urea groups is 1. The van der Waals surface area contributed by atoms with Gasteiger partial charge in [-0.15, -0.1) is 0 Å². The maximum absolute atomic E-state index is 12.5. The summed E-state index contributed by atoms with van der Waals surface area (Å²) in [5.41, 5.74) is 11.6. The number of anilines is 4. The average Bonchev–Trinajstić information content (AvgIpc) is 3.30. The van der Waals surface area contributed by atoms with Crippen LogP contribution in [0.15, 0.2) is 102 Å². The van der Waals surface area contributed by atoms with Crippen molar-refractivity contribution < 1.29 is 14.1 Å². The number of hydrogen-bond acceptors (Lipinski definition) is 6. The van der Waals surface area contributed by atoms with Crippen LogP contribution in [0, 0.1) is 0 Å². The molecule has 9 heteroatoms. The third-order valence-electron chi connectivity index (χ3n) is 5.60. The van der Waals surface area contributed by atoms with Crippen LogP contribution in [0.3, 0.4) is 0 Å². The van der Waals surface area contributed by atoms with E-state index in [9.17, 15) is 9.59 Å². The molecule has 0 fully saturated rings. The maximum atomic E-state index is 12.5. The predicted molar refractivity (Wildman–Crippen MR) is 145 cm³/mol. The maximum Gasteiger partial charge on any atom is 0.323 e. The predicted octanol–water partition coefficient (Wildman–Crippen LogP) is 5.91. The standard InChI is InChI=1S/C28H22N6O3/c1-2-24(35)30-19-12-14-21(15-13-19)32-28(36)31-20-10-8-17(9-11-20)22-16-23(18-6-4-3-5-7-18)33-27-25(22)26(29)37-34-27/h2-16H,1,29H2,(H,30,35)(H2,31,32,36). The summed E-state index contributed by atoms with van der Waals surface area (Å²) in [6.07, 6.45) is 1.19. The first-order valence-corrected chi connectivity index (χ1v) is 11.3. The summed E-state index contributed by atoms with van der Waals surface area (Å²) in [5, 5.41) is 12.9. The summed E-state index contributed by atoms with van der Waals surface area (Å²) in [6, 6.07) is 25.4. The molecule has 3 aromatic carbocycles. The third kappa shape index (κ3) is 5.15. The first-order chi connectivity index (χ1) is 18.0. The first kappa shape index (κ1) is 23.3. The molecule has 3 amide bonds. The molecule has 2 heterocycles. The summed E-state index contributed by atoms with van der Waals surface area (Å²) in [6.45, 7) is 3.41. The van der Waals surface area contributed by atoms with Gasteiger partial charge in [-0.1, -0.05) is 54.2 Å². The number of carbonyl (C=O) groups excluding carboxylic acids is 2. The van der Waals surface area contributed by atoms with Gasteiger partial charge in [0.05, 0.1) is 11.1 Å². The Labute approximate surface area is 212 Å². The number of nitrogens with one attached hydrogen (secondary N) is 3. The van der Waals surface area contributed by atoms with Crippen LogP contribution < -0.4 is 21.7 Å². The lowest BCUT2D eigenvalue weighted by Crippen LogP contribution is -2.19. The van der Waals surface area contributed by atoms with E-state index in [1.807, 2.05) is 48.5 Å². The van der Waals surface area contributed by atoms with Crippen molar-refractivity contribution in [2.45, 2.75) is 0 Å². The van der Waals surface area contributed by atoms with E-state index in [1.165, 1.54) is 6.08 Å². The fraction of sp³-hybridized carbons (Fsp3) is 0. The lowest BCUT2D eigenvalue weighted by molar-refractivity contribution is -0.111. The fourth-order valence-corrected chi connectivity index (χ4v) is 3.82. The first-order valence-electron chi connectivity index (χ1n) is 11.3. The van der Waals surface area contributed by atoms with Crippen molar-refractivity contribution in [1.29, 1.82) is 0 Å². The molecule has 0 aliphatic heterocycles. The van der Waals surface area contributed by atoms with Gasteiger partial charge < -0.3 is 26.2 Å². The molecule has 0 aliphatic carbocycles. The Morgan fingerprint density at radius 2 is 1.41 bits per heavy atom. The Kier molecular flexibility index (Phi) is 6.33. The number of nitrogen functional groups attached to an aromatic ring is 1. The second-order valence-corrected chi connectivity index (χ2v) is 8.09. The zero-order valence-electron chi connectivity index (χ0n) is 19.6. The summed E-state index contributed by atoms with van der Waals surface area (Å²) in [7, 11) is 0. The minimum Gasteiger partial charge on any atom is -0.367 e. The van der Waals surface area contributed by atoms with Crippen LogP contribution in [0.4, 0.5) is 27.7 Å². The van der Waals surface area contributed by atoms with E-state index in [1.54, 1.807) is 36.4 Å². The zero-order valence-corrected chi connectivity index (χ0v) is 19.6. The van der Waals surface area contributed by atoms with Crippen molar-refractivity contribution in [2.75, 3.05) is 21.7 Å². The van der Waals surface area contributed by atoms with Gasteiger partial charge >= 0.3 is 6.03 Å². The molecule has 0 unspecified atom stereocenters. The van der Waals surface area contributed by atoms with Gasteiger partial charge in [0.2, 0.25) is 17.4 Å². The smallest absolute Gasteiger partial charge is 0.323 e. The molecule has 0 bridgehead atoms. The minimum atomic E-state index is -0.406. The highest BCUT2D eigenvalue weighted by Crippen LogP contribution is 2.35. The molecule has 0 saturated carbocycles. The molecule has 5 rings (SSSR count). The monoisotopic (exact) mass is 490 g/mol. The second kappa shape index (κ2) is 10.0.